The van der Waals surface area contributed by atoms with E-state index in [1.807, 2.05) is 30.3 Å². The van der Waals surface area contributed by atoms with Crippen LogP contribution in [0.4, 0.5) is 0 Å². The van der Waals surface area contributed by atoms with Crippen molar-refractivity contribution in [2.45, 2.75) is 19.5 Å². The predicted octanol–water partition coefficient (Wildman–Crippen LogP) is 4.22. The molecule has 0 saturated carbocycles. The van der Waals surface area contributed by atoms with E-state index in [4.69, 9.17) is 16.0 Å². The number of aromatic amines is 1. The third-order valence-corrected chi connectivity index (χ3v) is 6.58. The van der Waals surface area contributed by atoms with E-state index in [0.29, 0.717) is 35.0 Å². The lowest BCUT2D eigenvalue weighted by atomic mass is 10.1. The number of H-pyrrole nitrogens is 1. The summed E-state index contributed by atoms with van der Waals surface area (Å²) in [5, 5.41) is 4.57. The second-order valence-electron chi connectivity index (χ2n) is 7.91. The molecule has 0 aliphatic carbocycles. The molecule has 2 aromatic heterocycles. The van der Waals surface area contributed by atoms with Gasteiger partial charge in [-0.05, 0) is 42.8 Å². The van der Waals surface area contributed by atoms with Crippen molar-refractivity contribution >= 4 is 55.5 Å². The molecule has 1 atom stereocenters. The average Bonchev–Trinajstić information content (AvgIpc) is 3.43. The molecule has 3 heterocycles. The topological polar surface area (TPSA) is 91.2 Å². The Labute approximate surface area is 196 Å². The van der Waals surface area contributed by atoms with Crippen molar-refractivity contribution in [2.24, 2.45) is 5.92 Å². The fourth-order valence-electron chi connectivity index (χ4n) is 4.10. The van der Waals surface area contributed by atoms with Crippen molar-refractivity contribution in [1.82, 2.24) is 20.2 Å². The first-order valence-electron chi connectivity index (χ1n) is 10.3. The summed E-state index contributed by atoms with van der Waals surface area (Å²) in [7, 11) is 0. The van der Waals surface area contributed by atoms with E-state index >= 15 is 0 Å². The number of hydrogen-bond donors (Lipinski definition) is 2. The Morgan fingerprint density at radius 2 is 2.09 bits per heavy atom. The summed E-state index contributed by atoms with van der Waals surface area (Å²) in [6, 6.07) is 13.0. The predicted molar refractivity (Wildman–Crippen MR) is 127 cm³/mol. The number of halogens is 2. The zero-order chi connectivity index (χ0) is 22.2. The van der Waals surface area contributed by atoms with Gasteiger partial charge in [-0.2, -0.15) is 0 Å². The summed E-state index contributed by atoms with van der Waals surface area (Å²) in [6.07, 6.45) is 0.779. The number of aromatic nitrogens is 2. The molecule has 2 N–H and O–H groups in total. The molecule has 1 unspecified atom stereocenters. The smallest absolute Gasteiger partial charge is 0.294 e. The highest BCUT2D eigenvalue weighted by Gasteiger charge is 2.28. The zero-order valence-electron chi connectivity index (χ0n) is 17.0. The molecule has 164 valence electrons. The van der Waals surface area contributed by atoms with Crippen LogP contribution in [-0.4, -0.2) is 33.9 Å². The van der Waals surface area contributed by atoms with Crippen LogP contribution in [0.5, 0.6) is 0 Å². The highest BCUT2D eigenvalue weighted by Crippen LogP contribution is 2.28. The molecular weight excluding hydrogens is 496 g/mol. The number of rotatable bonds is 5. The minimum Gasteiger partial charge on any atom is -0.449 e. The molecule has 5 rings (SSSR count). The molecular formula is C23H20BrClN4O3. The minimum absolute atomic E-state index is 0.0115. The van der Waals surface area contributed by atoms with Gasteiger partial charge in [0.15, 0.2) is 0 Å². The molecule has 2 aromatic carbocycles. The Morgan fingerprint density at radius 3 is 2.88 bits per heavy atom. The molecule has 9 heteroatoms. The van der Waals surface area contributed by atoms with Crippen LogP contribution < -0.4 is 10.9 Å². The fraction of sp³-hybridized carbons (Fsp3) is 0.261. The first-order valence-corrected chi connectivity index (χ1v) is 11.5. The fourth-order valence-corrected chi connectivity index (χ4v) is 4.65. The summed E-state index contributed by atoms with van der Waals surface area (Å²) in [5.41, 5.74) is 1.71. The van der Waals surface area contributed by atoms with Gasteiger partial charge in [0, 0.05) is 28.0 Å². The second-order valence-corrected chi connectivity index (χ2v) is 9.23. The number of nitrogens with zero attached hydrogens (tertiary/aromatic N) is 2. The third-order valence-electron chi connectivity index (χ3n) is 5.72. The largest absolute Gasteiger partial charge is 0.449 e. The Balaban J connectivity index is 1.54. The van der Waals surface area contributed by atoms with Crippen molar-refractivity contribution in [1.29, 1.82) is 0 Å². The molecule has 1 aliphatic heterocycles. The van der Waals surface area contributed by atoms with Gasteiger partial charge in [0.05, 0.1) is 12.5 Å². The van der Waals surface area contributed by atoms with Gasteiger partial charge >= 0.3 is 0 Å². The number of nitrogens with one attached hydrogen (secondary N) is 2. The van der Waals surface area contributed by atoms with Crippen molar-refractivity contribution in [3.63, 3.8) is 0 Å². The number of carbonyl (C=O) groups excluding carboxylic acids is 1. The van der Waals surface area contributed by atoms with Crippen LogP contribution in [0, 0.1) is 5.92 Å². The van der Waals surface area contributed by atoms with Gasteiger partial charge in [0.25, 0.3) is 5.56 Å². The van der Waals surface area contributed by atoms with Gasteiger partial charge in [0.1, 0.15) is 16.9 Å². The minimum atomic E-state index is -0.370. The Morgan fingerprint density at radius 1 is 1.25 bits per heavy atom. The zero-order valence-corrected chi connectivity index (χ0v) is 19.4. The van der Waals surface area contributed by atoms with Gasteiger partial charge in [-0.15, -0.1) is 0 Å². The van der Waals surface area contributed by atoms with Crippen LogP contribution in [0.1, 0.15) is 17.8 Å². The molecule has 1 amide bonds. The number of hydrogen-bond acceptors (Lipinski definition) is 5. The summed E-state index contributed by atoms with van der Waals surface area (Å²) in [5.74, 6) is 0.299. The van der Waals surface area contributed by atoms with Crippen LogP contribution in [0.15, 0.2) is 56.1 Å². The van der Waals surface area contributed by atoms with Gasteiger partial charge < -0.3 is 19.6 Å². The van der Waals surface area contributed by atoms with Gasteiger partial charge in [-0.3, -0.25) is 9.59 Å². The van der Waals surface area contributed by atoms with Crippen LogP contribution in [0.25, 0.3) is 22.1 Å². The molecule has 0 spiro atoms. The van der Waals surface area contributed by atoms with Crippen LogP contribution in [-0.2, 0) is 17.9 Å². The summed E-state index contributed by atoms with van der Waals surface area (Å²) in [6.45, 7) is 1.94. The van der Waals surface area contributed by atoms with Crippen molar-refractivity contribution < 1.29 is 9.21 Å². The van der Waals surface area contributed by atoms with Gasteiger partial charge in [-0.25, -0.2) is 4.98 Å². The highest BCUT2D eigenvalue weighted by molar-refractivity contribution is 9.10. The van der Waals surface area contributed by atoms with E-state index in [-0.39, 0.29) is 29.5 Å². The lowest BCUT2D eigenvalue weighted by Gasteiger charge is -2.25. The van der Waals surface area contributed by atoms with Crippen LogP contribution in [0.2, 0.25) is 5.02 Å². The molecule has 7 nitrogen and oxygen atoms in total. The van der Waals surface area contributed by atoms with E-state index < -0.39 is 0 Å². The second kappa shape index (κ2) is 8.69. The van der Waals surface area contributed by atoms with Crippen LogP contribution in [0.3, 0.4) is 0 Å². The number of benzene rings is 2. The molecule has 1 aliphatic rings. The SMILES string of the molecule is O=C(C1CCNC1)N(Cc1nc2c(oc3ccc(Br)cc32)c(=O)[nH]1)Cc1ccccc1Cl. The Bertz CT molecular complexity index is 1380. The number of amides is 1. The molecule has 4 aromatic rings. The van der Waals surface area contributed by atoms with Crippen molar-refractivity contribution in [3.8, 4) is 0 Å². The summed E-state index contributed by atoms with van der Waals surface area (Å²) >= 11 is 9.82. The number of furan rings is 1. The molecule has 1 fully saturated rings. The maximum absolute atomic E-state index is 13.3. The first-order chi connectivity index (χ1) is 15.5. The van der Waals surface area contributed by atoms with E-state index in [2.05, 4.69) is 31.2 Å². The normalized spacial score (nSPS) is 16.1. The van der Waals surface area contributed by atoms with Gasteiger partial charge in [-0.1, -0.05) is 45.7 Å². The number of carbonyl (C=O) groups is 1. The Hall–Kier alpha value is -2.68. The Kier molecular flexibility index (Phi) is 5.75. The molecule has 0 radical (unpaired) electrons. The monoisotopic (exact) mass is 514 g/mol. The molecule has 1 saturated heterocycles. The third kappa shape index (κ3) is 4.05. The summed E-state index contributed by atoms with van der Waals surface area (Å²) in [4.78, 5) is 35.2. The molecule has 0 bridgehead atoms. The highest BCUT2D eigenvalue weighted by atomic mass is 79.9. The average molecular weight is 516 g/mol. The van der Waals surface area contributed by atoms with Gasteiger partial charge in [0.2, 0.25) is 11.5 Å². The lowest BCUT2D eigenvalue weighted by molar-refractivity contribution is -0.136. The maximum Gasteiger partial charge on any atom is 0.294 e. The number of fused-ring (bicyclic) bond motifs is 3. The van der Waals surface area contributed by atoms with E-state index in [1.54, 1.807) is 17.0 Å². The van der Waals surface area contributed by atoms with E-state index in [9.17, 15) is 9.59 Å². The summed E-state index contributed by atoms with van der Waals surface area (Å²) < 4.78 is 6.57. The maximum atomic E-state index is 13.3. The van der Waals surface area contributed by atoms with E-state index in [0.717, 1.165) is 28.4 Å². The van der Waals surface area contributed by atoms with Crippen molar-refractivity contribution in [2.75, 3.05) is 13.1 Å². The van der Waals surface area contributed by atoms with E-state index in [1.165, 1.54) is 0 Å². The van der Waals surface area contributed by atoms with Crippen molar-refractivity contribution in [3.05, 3.63) is 73.7 Å². The standard InChI is InChI=1S/C23H20BrClN4O3/c24-15-5-6-18-16(9-15)20-21(32-18)22(30)28-19(27-20)12-29(23(31)13-7-8-26-10-13)11-14-3-1-2-4-17(14)25/h1-6,9,13,26H,7-8,10-12H2,(H,27,28,30). The lowest BCUT2D eigenvalue weighted by Crippen LogP contribution is -2.37. The molecule has 32 heavy (non-hydrogen) atoms. The first kappa shape index (κ1) is 21.2. The van der Waals surface area contributed by atoms with Crippen LogP contribution >= 0.6 is 27.5 Å². The quantitative estimate of drug-likeness (QED) is 0.415.